The highest BCUT2D eigenvalue weighted by molar-refractivity contribution is 8.01. The van der Waals surface area contributed by atoms with E-state index < -0.39 is 0 Å². The first-order valence-corrected chi connectivity index (χ1v) is 6.91. The molecular weight excluding hydrogens is 230 g/mol. The van der Waals surface area contributed by atoms with Crippen molar-refractivity contribution in [3.05, 3.63) is 23.3 Å². The molecule has 1 aliphatic carbocycles. The monoisotopic (exact) mass is 251 g/mol. The number of rotatable bonds is 5. The Morgan fingerprint density at radius 1 is 1.29 bits per heavy atom. The minimum absolute atomic E-state index is 0.445. The van der Waals surface area contributed by atoms with Crippen LogP contribution in [0.3, 0.4) is 0 Å². The summed E-state index contributed by atoms with van der Waals surface area (Å²) < 4.78 is 5.80. The van der Waals surface area contributed by atoms with Gasteiger partial charge in [-0.3, -0.25) is 0 Å². The molecule has 1 N–H and O–H groups in total. The maximum atomic E-state index is 5.35. The van der Waals surface area contributed by atoms with E-state index >= 15 is 0 Å². The molecule has 0 saturated heterocycles. The van der Waals surface area contributed by atoms with Crippen LogP contribution in [0.1, 0.15) is 24.0 Å². The van der Waals surface area contributed by atoms with Crippen molar-refractivity contribution < 1.29 is 4.74 Å². The summed E-state index contributed by atoms with van der Waals surface area (Å²) in [4.78, 5) is 1.40. The number of thioether (sulfide) groups is 1. The minimum atomic E-state index is 0.445. The number of hydrogen-bond donors (Lipinski definition) is 1. The first-order valence-electron chi connectivity index (χ1n) is 6.09. The van der Waals surface area contributed by atoms with Crippen LogP contribution in [-0.4, -0.2) is 25.4 Å². The van der Waals surface area contributed by atoms with E-state index in [2.05, 4.69) is 31.3 Å². The van der Waals surface area contributed by atoms with Crippen LogP contribution in [0.25, 0.3) is 0 Å². The number of ether oxygens (including phenoxy) is 1. The van der Waals surface area contributed by atoms with E-state index in [9.17, 15) is 0 Å². The molecule has 17 heavy (non-hydrogen) atoms. The van der Waals surface area contributed by atoms with Gasteiger partial charge in [0.15, 0.2) is 0 Å². The number of hydrogen-bond acceptors (Lipinski definition) is 3. The van der Waals surface area contributed by atoms with Gasteiger partial charge in [0.05, 0.1) is 7.11 Å². The fourth-order valence-electron chi connectivity index (χ4n) is 2.10. The number of methoxy groups -OCH3 is 1. The van der Waals surface area contributed by atoms with E-state index in [-0.39, 0.29) is 0 Å². The molecule has 2 rings (SSSR count). The van der Waals surface area contributed by atoms with Gasteiger partial charge in [-0.05, 0) is 57.0 Å². The Bertz CT molecular complexity index is 413. The SMILES string of the molecule is CNCC1(Sc2cc(C)c(OC)cc2C)CC1. The van der Waals surface area contributed by atoms with E-state index in [1.165, 1.54) is 28.9 Å². The second-order valence-electron chi connectivity index (χ2n) is 4.90. The lowest BCUT2D eigenvalue weighted by molar-refractivity contribution is 0.411. The summed E-state index contributed by atoms with van der Waals surface area (Å²) in [6.07, 6.45) is 2.64. The summed E-state index contributed by atoms with van der Waals surface area (Å²) in [5.74, 6) is 0.991. The lowest BCUT2D eigenvalue weighted by Crippen LogP contribution is -2.22. The highest BCUT2D eigenvalue weighted by atomic mass is 32.2. The Hall–Kier alpha value is -0.670. The van der Waals surface area contributed by atoms with Crippen LogP contribution in [0.4, 0.5) is 0 Å². The average Bonchev–Trinajstić information content (AvgIpc) is 3.03. The van der Waals surface area contributed by atoms with Crippen molar-refractivity contribution in [3.63, 3.8) is 0 Å². The molecule has 0 aromatic heterocycles. The van der Waals surface area contributed by atoms with E-state index in [0.717, 1.165) is 12.3 Å². The summed E-state index contributed by atoms with van der Waals surface area (Å²) in [6.45, 7) is 5.38. The van der Waals surface area contributed by atoms with Gasteiger partial charge in [-0.15, -0.1) is 11.8 Å². The standard InChI is InChI=1S/C14H21NOS/c1-10-8-13(11(2)7-12(10)16-4)17-14(5-6-14)9-15-3/h7-8,15H,5-6,9H2,1-4H3. The van der Waals surface area contributed by atoms with Crippen molar-refractivity contribution >= 4 is 11.8 Å². The van der Waals surface area contributed by atoms with Gasteiger partial charge in [-0.1, -0.05) is 0 Å². The predicted molar refractivity (Wildman–Crippen MR) is 74.2 cm³/mol. The third-order valence-corrected chi connectivity index (χ3v) is 4.97. The van der Waals surface area contributed by atoms with Crippen molar-refractivity contribution in [2.45, 2.75) is 36.3 Å². The van der Waals surface area contributed by atoms with Crippen LogP contribution in [-0.2, 0) is 0 Å². The molecule has 0 bridgehead atoms. The summed E-state index contributed by atoms with van der Waals surface area (Å²) in [7, 11) is 3.77. The number of benzene rings is 1. The second kappa shape index (κ2) is 4.91. The van der Waals surface area contributed by atoms with Crippen LogP contribution < -0.4 is 10.1 Å². The van der Waals surface area contributed by atoms with Crippen molar-refractivity contribution in [2.75, 3.05) is 20.7 Å². The van der Waals surface area contributed by atoms with Crippen LogP contribution in [0, 0.1) is 13.8 Å². The maximum Gasteiger partial charge on any atom is 0.122 e. The maximum absolute atomic E-state index is 5.35. The van der Waals surface area contributed by atoms with Crippen LogP contribution in [0.2, 0.25) is 0 Å². The largest absolute Gasteiger partial charge is 0.496 e. The fraction of sp³-hybridized carbons (Fsp3) is 0.571. The first kappa shape index (κ1) is 12.8. The molecule has 0 atom stereocenters. The molecule has 1 aromatic carbocycles. The molecule has 0 heterocycles. The van der Waals surface area contributed by atoms with Crippen molar-refractivity contribution in [3.8, 4) is 5.75 Å². The van der Waals surface area contributed by atoms with Crippen LogP contribution in [0.5, 0.6) is 5.75 Å². The smallest absolute Gasteiger partial charge is 0.122 e. The van der Waals surface area contributed by atoms with Gasteiger partial charge in [0.2, 0.25) is 0 Å². The van der Waals surface area contributed by atoms with Crippen LogP contribution >= 0.6 is 11.8 Å². The van der Waals surface area contributed by atoms with Gasteiger partial charge in [0.1, 0.15) is 5.75 Å². The molecule has 1 aromatic rings. The molecule has 1 aliphatic rings. The lowest BCUT2D eigenvalue weighted by atomic mass is 10.1. The molecule has 0 spiro atoms. The quantitative estimate of drug-likeness (QED) is 0.868. The third kappa shape index (κ3) is 2.78. The Balaban J connectivity index is 2.19. The van der Waals surface area contributed by atoms with E-state index in [1.54, 1.807) is 7.11 Å². The van der Waals surface area contributed by atoms with Gasteiger partial charge in [-0.2, -0.15) is 0 Å². The van der Waals surface area contributed by atoms with E-state index in [0.29, 0.717) is 4.75 Å². The first-order chi connectivity index (χ1) is 8.10. The average molecular weight is 251 g/mol. The minimum Gasteiger partial charge on any atom is -0.496 e. The summed E-state index contributed by atoms with van der Waals surface area (Å²) >= 11 is 2.02. The Labute approximate surface area is 108 Å². The van der Waals surface area contributed by atoms with Gasteiger partial charge in [0.25, 0.3) is 0 Å². The normalized spacial score (nSPS) is 16.9. The van der Waals surface area contributed by atoms with Gasteiger partial charge < -0.3 is 10.1 Å². The summed E-state index contributed by atoms with van der Waals surface area (Å²) in [5.41, 5.74) is 2.54. The van der Waals surface area contributed by atoms with Crippen molar-refractivity contribution in [1.29, 1.82) is 0 Å². The number of nitrogens with one attached hydrogen (secondary N) is 1. The zero-order chi connectivity index (χ0) is 12.5. The predicted octanol–water partition coefficient (Wildman–Crippen LogP) is 3.16. The summed E-state index contributed by atoms with van der Waals surface area (Å²) in [5, 5.41) is 3.30. The molecule has 0 amide bonds. The molecule has 1 fully saturated rings. The Morgan fingerprint density at radius 3 is 2.53 bits per heavy atom. The molecule has 1 saturated carbocycles. The zero-order valence-corrected chi connectivity index (χ0v) is 11.9. The third-order valence-electron chi connectivity index (χ3n) is 3.33. The molecular formula is C14H21NOS. The zero-order valence-electron chi connectivity index (χ0n) is 11.1. The Kier molecular flexibility index (Phi) is 3.69. The number of aryl methyl sites for hydroxylation is 2. The van der Waals surface area contributed by atoms with Gasteiger partial charge >= 0.3 is 0 Å². The van der Waals surface area contributed by atoms with Crippen LogP contribution in [0.15, 0.2) is 17.0 Å². The molecule has 0 unspecified atom stereocenters. The van der Waals surface area contributed by atoms with E-state index in [1.807, 2.05) is 18.8 Å². The highest BCUT2D eigenvalue weighted by Gasteiger charge is 2.43. The van der Waals surface area contributed by atoms with Crippen molar-refractivity contribution in [1.82, 2.24) is 5.32 Å². The van der Waals surface area contributed by atoms with Gasteiger partial charge in [-0.25, -0.2) is 0 Å². The summed E-state index contributed by atoms with van der Waals surface area (Å²) in [6, 6.07) is 4.40. The van der Waals surface area contributed by atoms with E-state index in [4.69, 9.17) is 4.74 Å². The second-order valence-corrected chi connectivity index (χ2v) is 6.41. The molecule has 0 aliphatic heterocycles. The topological polar surface area (TPSA) is 21.3 Å². The molecule has 0 radical (unpaired) electrons. The molecule has 94 valence electrons. The lowest BCUT2D eigenvalue weighted by Gasteiger charge is -2.17. The van der Waals surface area contributed by atoms with Gasteiger partial charge in [0, 0.05) is 16.2 Å². The molecule has 3 heteroatoms. The Morgan fingerprint density at radius 2 is 2.00 bits per heavy atom. The fourth-order valence-corrected chi connectivity index (χ4v) is 3.55. The molecule has 2 nitrogen and oxygen atoms in total. The highest BCUT2D eigenvalue weighted by Crippen LogP contribution is 2.52. The van der Waals surface area contributed by atoms with Crippen molar-refractivity contribution in [2.24, 2.45) is 0 Å².